The number of anilines is 3. The molecule has 1 aromatic heterocycles. The SMILES string of the molecule is COc1ccc2nc(NS(=O)(=O)c3ccccc3)c(Nc3cc(Cl)ccc3OC)nc2c1. The summed E-state index contributed by atoms with van der Waals surface area (Å²) >= 11 is 6.14. The van der Waals surface area contributed by atoms with Crippen molar-refractivity contribution in [3.8, 4) is 11.5 Å². The highest BCUT2D eigenvalue weighted by Gasteiger charge is 2.20. The Balaban J connectivity index is 1.84. The fourth-order valence-electron chi connectivity index (χ4n) is 3.01. The van der Waals surface area contributed by atoms with E-state index in [4.69, 9.17) is 21.1 Å². The molecule has 2 N–H and O–H groups in total. The first-order valence-electron chi connectivity index (χ1n) is 9.44. The molecule has 0 amide bonds. The van der Waals surface area contributed by atoms with Crippen LogP contribution in [0.5, 0.6) is 11.5 Å². The number of benzene rings is 3. The zero-order valence-electron chi connectivity index (χ0n) is 17.2. The third-order valence-electron chi connectivity index (χ3n) is 4.57. The van der Waals surface area contributed by atoms with Gasteiger partial charge in [-0.15, -0.1) is 0 Å². The molecule has 0 unspecified atom stereocenters. The Kier molecular flexibility index (Phi) is 6.02. The van der Waals surface area contributed by atoms with E-state index in [2.05, 4.69) is 20.0 Å². The van der Waals surface area contributed by atoms with Gasteiger partial charge in [0.1, 0.15) is 11.5 Å². The van der Waals surface area contributed by atoms with Gasteiger partial charge in [0.15, 0.2) is 11.6 Å². The molecule has 3 aromatic carbocycles. The maximum Gasteiger partial charge on any atom is 0.263 e. The van der Waals surface area contributed by atoms with Crippen LogP contribution in [-0.2, 0) is 10.0 Å². The summed E-state index contributed by atoms with van der Waals surface area (Å²) in [7, 11) is -0.841. The van der Waals surface area contributed by atoms with Crippen LogP contribution in [-0.4, -0.2) is 32.6 Å². The molecule has 4 aromatic rings. The third-order valence-corrected chi connectivity index (χ3v) is 6.16. The third kappa shape index (κ3) is 4.53. The van der Waals surface area contributed by atoms with Crippen molar-refractivity contribution in [2.75, 3.05) is 24.3 Å². The van der Waals surface area contributed by atoms with Gasteiger partial charge in [-0.3, -0.25) is 4.72 Å². The van der Waals surface area contributed by atoms with E-state index in [9.17, 15) is 8.42 Å². The van der Waals surface area contributed by atoms with Gasteiger partial charge in [0.2, 0.25) is 0 Å². The van der Waals surface area contributed by atoms with Gasteiger partial charge in [-0.05, 0) is 42.5 Å². The first-order chi connectivity index (χ1) is 15.4. The first-order valence-corrected chi connectivity index (χ1v) is 11.3. The van der Waals surface area contributed by atoms with Crippen molar-refractivity contribution < 1.29 is 17.9 Å². The van der Waals surface area contributed by atoms with Gasteiger partial charge in [-0.1, -0.05) is 29.8 Å². The summed E-state index contributed by atoms with van der Waals surface area (Å²) in [6.07, 6.45) is 0. The lowest BCUT2D eigenvalue weighted by molar-refractivity contribution is 0.415. The average Bonchev–Trinajstić information content (AvgIpc) is 2.79. The number of fused-ring (bicyclic) bond motifs is 1. The van der Waals surface area contributed by atoms with E-state index in [-0.39, 0.29) is 16.5 Å². The van der Waals surface area contributed by atoms with Crippen LogP contribution < -0.4 is 19.5 Å². The fourth-order valence-corrected chi connectivity index (χ4v) is 4.21. The summed E-state index contributed by atoms with van der Waals surface area (Å²) in [6, 6.07) is 18.2. The van der Waals surface area contributed by atoms with Crippen molar-refractivity contribution in [1.82, 2.24) is 9.97 Å². The lowest BCUT2D eigenvalue weighted by Crippen LogP contribution is -2.16. The molecular formula is C22H19ClN4O4S. The van der Waals surface area contributed by atoms with Crippen molar-refractivity contribution in [1.29, 1.82) is 0 Å². The average molecular weight is 471 g/mol. The predicted octanol–water partition coefficient (Wildman–Crippen LogP) is 4.84. The van der Waals surface area contributed by atoms with Crippen LogP contribution in [0, 0.1) is 0 Å². The maximum atomic E-state index is 12.9. The van der Waals surface area contributed by atoms with Crippen LogP contribution in [0.15, 0.2) is 71.6 Å². The highest BCUT2D eigenvalue weighted by Crippen LogP contribution is 2.34. The molecule has 0 fully saturated rings. The van der Waals surface area contributed by atoms with E-state index < -0.39 is 10.0 Å². The van der Waals surface area contributed by atoms with Crippen molar-refractivity contribution in [2.45, 2.75) is 4.90 Å². The fraction of sp³-hybridized carbons (Fsp3) is 0.0909. The number of nitrogens with one attached hydrogen (secondary N) is 2. The molecule has 0 spiro atoms. The Labute approximate surface area is 190 Å². The van der Waals surface area contributed by atoms with Crippen LogP contribution in [0.3, 0.4) is 0 Å². The monoisotopic (exact) mass is 470 g/mol. The van der Waals surface area contributed by atoms with Crippen LogP contribution >= 0.6 is 11.6 Å². The van der Waals surface area contributed by atoms with Crippen LogP contribution in [0.1, 0.15) is 0 Å². The lowest BCUT2D eigenvalue weighted by Gasteiger charge is -2.16. The molecule has 0 bridgehead atoms. The smallest absolute Gasteiger partial charge is 0.263 e. The van der Waals surface area contributed by atoms with Crippen molar-refractivity contribution in [2.24, 2.45) is 0 Å². The van der Waals surface area contributed by atoms with Gasteiger partial charge in [0.25, 0.3) is 10.0 Å². The number of halogens is 1. The maximum absolute atomic E-state index is 12.9. The molecule has 0 radical (unpaired) electrons. The first kappa shape index (κ1) is 21.7. The Hall–Kier alpha value is -3.56. The highest BCUT2D eigenvalue weighted by molar-refractivity contribution is 7.92. The van der Waals surface area contributed by atoms with Crippen molar-refractivity contribution in [3.63, 3.8) is 0 Å². The van der Waals surface area contributed by atoms with Gasteiger partial charge in [-0.25, -0.2) is 18.4 Å². The number of rotatable bonds is 7. The zero-order chi connectivity index (χ0) is 22.7. The van der Waals surface area contributed by atoms with Crippen LogP contribution in [0.25, 0.3) is 11.0 Å². The molecule has 8 nitrogen and oxygen atoms in total. The second-order valence-corrected chi connectivity index (χ2v) is 8.78. The minimum atomic E-state index is -3.91. The van der Waals surface area contributed by atoms with Crippen molar-refractivity contribution in [3.05, 3.63) is 71.8 Å². The number of methoxy groups -OCH3 is 2. The second-order valence-electron chi connectivity index (χ2n) is 6.66. The normalized spacial score (nSPS) is 11.2. The molecule has 0 atom stereocenters. The van der Waals surface area contributed by atoms with Gasteiger partial charge in [0.05, 0.1) is 35.8 Å². The topological polar surface area (TPSA) is 102 Å². The van der Waals surface area contributed by atoms with Crippen molar-refractivity contribution >= 4 is 50.0 Å². The lowest BCUT2D eigenvalue weighted by atomic mass is 10.2. The number of nitrogens with zero attached hydrogens (tertiary/aromatic N) is 2. The molecule has 0 aliphatic carbocycles. The summed E-state index contributed by atoms with van der Waals surface area (Å²) in [6.45, 7) is 0. The molecule has 0 aliphatic rings. The Bertz CT molecular complexity index is 1380. The Morgan fingerprint density at radius 2 is 1.59 bits per heavy atom. The summed E-state index contributed by atoms with van der Waals surface area (Å²) in [5.41, 5.74) is 1.49. The van der Waals surface area contributed by atoms with Gasteiger partial charge in [0, 0.05) is 11.1 Å². The predicted molar refractivity (Wildman–Crippen MR) is 125 cm³/mol. The molecular weight excluding hydrogens is 452 g/mol. The number of aromatic nitrogens is 2. The van der Waals surface area contributed by atoms with Gasteiger partial charge in [-0.2, -0.15) is 0 Å². The zero-order valence-corrected chi connectivity index (χ0v) is 18.7. The number of ether oxygens (including phenoxy) is 2. The van der Waals surface area contributed by atoms with E-state index in [0.717, 1.165) is 0 Å². The summed E-state index contributed by atoms with van der Waals surface area (Å²) < 4.78 is 39.1. The molecule has 4 rings (SSSR count). The van der Waals surface area contributed by atoms with E-state index in [1.54, 1.807) is 61.7 Å². The van der Waals surface area contributed by atoms with Gasteiger partial charge >= 0.3 is 0 Å². The summed E-state index contributed by atoms with van der Waals surface area (Å²) in [5, 5.41) is 3.55. The van der Waals surface area contributed by atoms with E-state index >= 15 is 0 Å². The van der Waals surface area contributed by atoms with E-state index in [0.29, 0.717) is 33.2 Å². The Morgan fingerprint density at radius 1 is 0.844 bits per heavy atom. The highest BCUT2D eigenvalue weighted by atomic mass is 35.5. The number of sulfonamides is 1. The molecule has 1 heterocycles. The molecule has 0 saturated carbocycles. The molecule has 10 heteroatoms. The summed E-state index contributed by atoms with van der Waals surface area (Å²) in [5.74, 6) is 1.29. The largest absolute Gasteiger partial charge is 0.497 e. The molecule has 0 saturated heterocycles. The second kappa shape index (κ2) is 8.89. The minimum absolute atomic E-state index is 0.0218. The van der Waals surface area contributed by atoms with Crippen LogP contribution in [0.2, 0.25) is 5.02 Å². The summed E-state index contributed by atoms with van der Waals surface area (Å²) in [4.78, 5) is 9.17. The minimum Gasteiger partial charge on any atom is -0.497 e. The standard InChI is InChI=1S/C22H19ClN4O4S/c1-30-15-9-10-17-18(13-15)25-21(26-19-12-14(23)8-11-20(19)31-2)22(24-17)27-32(28,29)16-6-4-3-5-7-16/h3-13H,1-2H3,(H,24,27)(H,25,26). The Morgan fingerprint density at radius 3 is 2.31 bits per heavy atom. The van der Waals surface area contributed by atoms with Gasteiger partial charge < -0.3 is 14.8 Å². The van der Waals surface area contributed by atoms with Crippen LogP contribution in [0.4, 0.5) is 17.3 Å². The number of hydrogen-bond acceptors (Lipinski definition) is 7. The molecule has 32 heavy (non-hydrogen) atoms. The number of hydrogen-bond donors (Lipinski definition) is 2. The quantitative estimate of drug-likeness (QED) is 0.398. The van der Waals surface area contributed by atoms with E-state index in [1.807, 2.05) is 0 Å². The van der Waals surface area contributed by atoms with E-state index in [1.165, 1.54) is 19.2 Å². The molecule has 0 aliphatic heterocycles. The molecule has 164 valence electrons.